The lowest BCUT2D eigenvalue weighted by Crippen LogP contribution is -2.24. The van der Waals surface area contributed by atoms with Crippen LogP contribution < -0.4 is 4.72 Å². The van der Waals surface area contributed by atoms with Crippen molar-refractivity contribution in [2.24, 2.45) is 5.41 Å². The number of halogens is 2. The molecule has 1 fully saturated rings. The molecule has 0 aliphatic heterocycles. The van der Waals surface area contributed by atoms with Gasteiger partial charge in [0.2, 0.25) is 0 Å². The lowest BCUT2D eigenvalue weighted by atomic mass is 9.88. The van der Waals surface area contributed by atoms with Crippen molar-refractivity contribution in [3.63, 3.8) is 0 Å². The number of hydrogen-bond donors (Lipinski definition) is 1. The van der Waals surface area contributed by atoms with Crippen LogP contribution in [0.1, 0.15) is 39.2 Å². The third-order valence-corrected chi connectivity index (χ3v) is 7.56. The third-order valence-electron chi connectivity index (χ3n) is 5.36. The van der Waals surface area contributed by atoms with E-state index in [0.29, 0.717) is 21.8 Å². The topological polar surface area (TPSA) is 34.0 Å². The second kappa shape index (κ2) is 8.66. The number of hydrogen-bond acceptors (Lipinski definition) is 1. The molecule has 1 aliphatic carbocycles. The fourth-order valence-corrected chi connectivity index (χ4v) is 5.57. The van der Waals surface area contributed by atoms with Crippen LogP contribution in [0.2, 0.25) is 10.0 Å². The van der Waals surface area contributed by atoms with E-state index in [9.17, 15) is 4.21 Å². The summed E-state index contributed by atoms with van der Waals surface area (Å²) in [6.45, 7) is 8.24. The molecule has 1 N–H and O–H groups in total. The summed E-state index contributed by atoms with van der Waals surface area (Å²) in [5.74, 6) is 0. The first-order valence-electron chi connectivity index (χ1n) is 10.4. The predicted molar refractivity (Wildman–Crippen MR) is 130 cm³/mol. The smallest absolute Gasteiger partial charge is 0.0947 e. The van der Waals surface area contributed by atoms with Crippen LogP contribution in [0.4, 0.5) is 0 Å². The maximum absolute atomic E-state index is 12.1. The molecule has 0 saturated heterocycles. The van der Waals surface area contributed by atoms with E-state index in [1.807, 2.05) is 18.2 Å². The fraction of sp³-hybridized carbons (Fsp3) is 0.417. The summed E-state index contributed by atoms with van der Waals surface area (Å²) < 4.78 is 17.5. The maximum atomic E-state index is 12.1. The summed E-state index contributed by atoms with van der Waals surface area (Å²) in [5.41, 5.74) is 4.56. The zero-order chi connectivity index (χ0) is 21.5. The van der Waals surface area contributed by atoms with Gasteiger partial charge in [-0.05, 0) is 60.1 Å². The van der Waals surface area contributed by atoms with Gasteiger partial charge < -0.3 is 4.57 Å². The summed E-state index contributed by atoms with van der Waals surface area (Å²) in [7, 11) is -0.904. The van der Waals surface area contributed by atoms with E-state index >= 15 is 0 Å². The summed E-state index contributed by atoms with van der Waals surface area (Å²) in [4.78, 5) is 0. The van der Waals surface area contributed by atoms with Gasteiger partial charge in [-0.2, -0.15) is 0 Å². The maximum Gasteiger partial charge on any atom is 0.0947 e. The van der Waals surface area contributed by atoms with Crippen molar-refractivity contribution in [1.82, 2.24) is 9.29 Å². The monoisotopic (exact) mass is 462 g/mol. The SMILES string of the molecule is CC(C)(C)Cc1cn(CCNS(=O)C2CC2)c2ccc(-c3c(Cl)cccc3Cl)cc12. The van der Waals surface area contributed by atoms with Crippen molar-refractivity contribution < 1.29 is 4.21 Å². The molecule has 6 heteroatoms. The van der Waals surface area contributed by atoms with Crippen LogP contribution in [0.3, 0.4) is 0 Å². The Morgan fingerprint density at radius 3 is 2.47 bits per heavy atom. The van der Waals surface area contributed by atoms with E-state index in [4.69, 9.17) is 23.2 Å². The first-order chi connectivity index (χ1) is 14.2. The molecule has 2 aromatic carbocycles. The Morgan fingerprint density at radius 2 is 1.83 bits per heavy atom. The van der Waals surface area contributed by atoms with Crippen LogP contribution in [0.15, 0.2) is 42.6 Å². The van der Waals surface area contributed by atoms with Crippen molar-refractivity contribution in [2.75, 3.05) is 6.54 Å². The zero-order valence-corrected chi connectivity index (χ0v) is 20.0. The van der Waals surface area contributed by atoms with Gasteiger partial charge in [-0.1, -0.05) is 56.1 Å². The van der Waals surface area contributed by atoms with Gasteiger partial charge in [-0.3, -0.25) is 0 Å². The minimum absolute atomic E-state index is 0.170. The molecular weight excluding hydrogens is 435 g/mol. The van der Waals surface area contributed by atoms with Gasteiger partial charge in [0.1, 0.15) is 0 Å². The standard InChI is InChI=1S/C24H28Cl2N2OS/c1-24(2,3)14-17-15-28(12-11-27-30(29)18-8-9-18)22-10-7-16(13-19(17)22)23-20(25)5-4-6-21(23)26/h4-7,10,13,15,18,27H,8-9,11-12,14H2,1-3H3. The first kappa shape index (κ1) is 21.9. The Balaban J connectivity index is 1.69. The number of rotatable bonds is 7. The molecule has 0 bridgehead atoms. The van der Waals surface area contributed by atoms with Gasteiger partial charge in [0.05, 0.1) is 11.0 Å². The predicted octanol–water partition coefficient (Wildman–Crippen LogP) is 6.62. The first-order valence-corrected chi connectivity index (χ1v) is 12.4. The summed E-state index contributed by atoms with van der Waals surface area (Å²) in [6.07, 6.45) is 5.37. The molecule has 3 nitrogen and oxygen atoms in total. The Bertz CT molecular complexity index is 1080. The van der Waals surface area contributed by atoms with Gasteiger partial charge in [0.15, 0.2) is 0 Å². The second-order valence-corrected chi connectivity index (χ2v) is 11.7. The quantitative estimate of drug-likeness (QED) is 0.420. The molecule has 30 heavy (non-hydrogen) atoms. The molecule has 0 amide bonds. The van der Waals surface area contributed by atoms with Crippen molar-refractivity contribution in [2.45, 2.75) is 51.8 Å². The minimum atomic E-state index is -0.904. The fourth-order valence-electron chi connectivity index (χ4n) is 3.86. The molecule has 1 atom stereocenters. The van der Waals surface area contributed by atoms with E-state index in [-0.39, 0.29) is 5.41 Å². The Morgan fingerprint density at radius 1 is 1.13 bits per heavy atom. The Labute approximate surface area is 191 Å². The molecule has 160 valence electrons. The lowest BCUT2D eigenvalue weighted by molar-refractivity contribution is 0.412. The van der Waals surface area contributed by atoms with Gasteiger partial charge in [0, 0.05) is 51.0 Å². The molecule has 0 spiro atoms. The summed E-state index contributed by atoms with van der Waals surface area (Å²) in [5, 5.41) is 2.89. The van der Waals surface area contributed by atoms with E-state index in [1.54, 1.807) is 0 Å². The van der Waals surface area contributed by atoms with Gasteiger partial charge >= 0.3 is 0 Å². The molecule has 1 aromatic heterocycles. The number of benzene rings is 2. The van der Waals surface area contributed by atoms with Crippen molar-refractivity contribution in [1.29, 1.82) is 0 Å². The highest BCUT2D eigenvalue weighted by atomic mass is 35.5. The highest BCUT2D eigenvalue weighted by Crippen LogP contribution is 2.37. The van der Waals surface area contributed by atoms with Crippen LogP contribution in [0.5, 0.6) is 0 Å². The average Bonchev–Trinajstić information content (AvgIpc) is 3.46. The van der Waals surface area contributed by atoms with Crippen molar-refractivity contribution in [3.05, 3.63) is 58.2 Å². The molecule has 3 aromatic rings. The minimum Gasteiger partial charge on any atom is -0.346 e. The third kappa shape index (κ3) is 4.94. The van der Waals surface area contributed by atoms with Crippen LogP contribution >= 0.6 is 23.2 Å². The van der Waals surface area contributed by atoms with Crippen LogP contribution in [-0.2, 0) is 24.0 Å². The van der Waals surface area contributed by atoms with Crippen LogP contribution in [-0.4, -0.2) is 20.6 Å². The number of fused-ring (bicyclic) bond motifs is 1. The molecule has 1 heterocycles. The molecule has 1 saturated carbocycles. The number of nitrogens with one attached hydrogen (secondary N) is 1. The number of nitrogens with zero attached hydrogens (tertiary/aromatic N) is 1. The zero-order valence-electron chi connectivity index (χ0n) is 17.7. The molecule has 0 radical (unpaired) electrons. The van der Waals surface area contributed by atoms with E-state index in [2.05, 4.69) is 54.5 Å². The molecule has 4 rings (SSSR count). The van der Waals surface area contributed by atoms with Crippen molar-refractivity contribution in [3.8, 4) is 11.1 Å². The van der Waals surface area contributed by atoms with E-state index in [1.165, 1.54) is 16.5 Å². The van der Waals surface area contributed by atoms with Gasteiger partial charge in [-0.15, -0.1) is 0 Å². The van der Waals surface area contributed by atoms with Crippen LogP contribution in [0.25, 0.3) is 22.0 Å². The summed E-state index contributed by atoms with van der Waals surface area (Å²) >= 11 is 12.9. The van der Waals surface area contributed by atoms with E-state index in [0.717, 1.165) is 36.9 Å². The van der Waals surface area contributed by atoms with Gasteiger partial charge in [0.25, 0.3) is 0 Å². The number of aromatic nitrogens is 1. The Kier molecular flexibility index (Phi) is 6.32. The lowest BCUT2D eigenvalue weighted by Gasteiger charge is -2.17. The van der Waals surface area contributed by atoms with Crippen LogP contribution in [0, 0.1) is 5.41 Å². The molecule has 1 unspecified atom stereocenters. The van der Waals surface area contributed by atoms with Crippen molar-refractivity contribution >= 4 is 45.1 Å². The molecule has 1 aliphatic rings. The summed E-state index contributed by atoms with van der Waals surface area (Å²) in [6, 6.07) is 12.1. The largest absolute Gasteiger partial charge is 0.346 e. The molecular formula is C24H28Cl2N2OS. The van der Waals surface area contributed by atoms with Gasteiger partial charge in [-0.25, -0.2) is 8.93 Å². The average molecular weight is 463 g/mol. The Hall–Kier alpha value is -1.33. The second-order valence-electron chi connectivity index (χ2n) is 9.30. The van der Waals surface area contributed by atoms with E-state index < -0.39 is 11.0 Å². The normalized spacial score (nSPS) is 15.6. The highest BCUT2D eigenvalue weighted by molar-refractivity contribution is 7.84. The highest BCUT2D eigenvalue weighted by Gasteiger charge is 2.28.